The van der Waals surface area contributed by atoms with E-state index >= 15 is 0 Å². The molecule has 1 aromatic rings. The van der Waals surface area contributed by atoms with Crippen LogP contribution in [0.15, 0.2) is 18.2 Å². The van der Waals surface area contributed by atoms with Gasteiger partial charge in [0, 0.05) is 24.7 Å². The summed E-state index contributed by atoms with van der Waals surface area (Å²) in [4.78, 5) is 11.9. The van der Waals surface area contributed by atoms with Gasteiger partial charge in [0.2, 0.25) is 0 Å². The average Bonchev–Trinajstić information content (AvgIpc) is 2.82. The summed E-state index contributed by atoms with van der Waals surface area (Å²) >= 11 is 0. The number of alkyl halides is 3. The van der Waals surface area contributed by atoms with Crippen LogP contribution in [0.25, 0.3) is 0 Å². The molecule has 8 heteroatoms. The standard InChI is InChI=1S/C13H12F4N2O.ClH/c14-10-2-1-6(3-9(10)13(15,16)17)12(20)19-11-7-4-18-5-8(7)11;/h1-3,7-8,11,18H,4-5H2,(H,19,20);1H. The summed E-state index contributed by atoms with van der Waals surface area (Å²) in [6.45, 7) is 1.62. The highest BCUT2D eigenvalue weighted by Crippen LogP contribution is 2.41. The minimum absolute atomic E-state index is 0. The van der Waals surface area contributed by atoms with Crippen LogP contribution in [0.4, 0.5) is 17.6 Å². The zero-order chi connectivity index (χ0) is 14.5. The molecule has 0 bridgehead atoms. The minimum atomic E-state index is -4.81. The first-order valence-electron chi connectivity index (χ1n) is 6.26. The molecule has 1 saturated carbocycles. The van der Waals surface area contributed by atoms with Crippen molar-refractivity contribution in [2.75, 3.05) is 13.1 Å². The van der Waals surface area contributed by atoms with E-state index in [0.717, 1.165) is 19.2 Å². The van der Waals surface area contributed by atoms with Gasteiger partial charge in [0.25, 0.3) is 5.91 Å². The molecule has 2 aliphatic rings. The third-order valence-corrected chi connectivity index (χ3v) is 3.92. The fourth-order valence-corrected chi connectivity index (χ4v) is 2.75. The second kappa shape index (κ2) is 5.46. The van der Waals surface area contributed by atoms with Crippen molar-refractivity contribution >= 4 is 18.3 Å². The van der Waals surface area contributed by atoms with Crippen LogP contribution in [0.5, 0.6) is 0 Å². The van der Waals surface area contributed by atoms with Gasteiger partial charge < -0.3 is 10.6 Å². The molecule has 2 atom stereocenters. The largest absolute Gasteiger partial charge is 0.419 e. The Kier molecular flexibility index (Phi) is 4.17. The third-order valence-electron chi connectivity index (χ3n) is 3.92. The molecule has 1 aliphatic carbocycles. The van der Waals surface area contributed by atoms with Crippen molar-refractivity contribution < 1.29 is 22.4 Å². The molecule has 2 N–H and O–H groups in total. The van der Waals surface area contributed by atoms with Crippen molar-refractivity contribution in [2.45, 2.75) is 12.2 Å². The fourth-order valence-electron chi connectivity index (χ4n) is 2.75. The molecule has 2 fully saturated rings. The van der Waals surface area contributed by atoms with E-state index in [0.29, 0.717) is 24.0 Å². The number of piperidine rings is 1. The number of carbonyl (C=O) groups is 1. The highest BCUT2D eigenvalue weighted by atomic mass is 35.5. The number of hydrogen-bond donors (Lipinski definition) is 2. The normalized spacial score (nSPS) is 26.8. The fraction of sp³-hybridized carbons (Fsp3) is 0.462. The molecule has 21 heavy (non-hydrogen) atoms. The molecular formula is C13H13ClF4N2O. The van der Waals surface area contributed by atoms with Gasteiger partial charge in [-0.15, -0.1) is 12.4 Å². The van der Waals surface area contributed by atoms with Crippen LogP contribution in [-0.2, 0) is 6.18 Å². The van der Waals surface area contributed by atoms with E-state index in [-0.39, 0.29) is 24.0 Å². The second-order valence-corrected chi connectivity index (χ2v) is 5.18. The summed E-state index contributed by atoms with van der Waals surface area (Å²) in [5, 5.41) is 5.85. The van der Waals surface area contributed by atoms with Crippen LogP contribution in [0.3, 0.4) is 0 Å². The van der Waals surface area contributed by atoms with Crippen molar-refractivity contribution in [3.63, 3.8) is 0 Å². The first-order chi connectivity index (χ1) is 9.38. The first kappa shape index (κ1) is 16.0. The lowest BCUT2D eigenvalue weighted by Gasteiger charge is -2.11. The highest BCUT2D eigenvalue weighted by Gasteiger charge is 2.53. The number of benzene rings is 1. The lowest BCUT2D eigenvalue weighted by Crippen LogP contribution is -2.32. The molecule has 0 radical (unpaired) electrons. The van der Waals surface area contributed by atoms with E-state index in [9.17, 15) is 22.4 Å². The highest BCUT2D eigenvalue weighted by molar-refractivity contribution is 5.94. The van der Waals surface area contributed by atoms with Crippen molar-refractivity contribution in [1.29, 1.82) is 0 Å². The van der Waals surface area contributed by atoms with E-state index in [2.05, 4.69) is 10.6 Å². The number of nitrogens with one attached hydrogen (secondary N) is 2. The van der Waals surface area contributed by atoms with Crippen LogP contribution in [0.2, 0.25) is 0 Å². The third kappa shape index (κ3) is 2.98. The van der Waals surface area contributed by atoms with Crippen LogP contribution in [0, 0.1) is 17.7 Å². The van der Waals surface area contributed by atoms with Crippen LogP contribution in [-0.4, -0.2) is 25.0 Å². The molecule has 1 aliphatic heterocycles. The second-order valence-electron chi connectivity index (χ2n) is 5.18. The number of hydrogen-bond acceptors (Lipinski definition) is 2. The Morgan fingerprint density at radius 1 is 1.24 bits per heavy atom. The van der Waals surface area contributed by atoms with Crippen molar-refractivity contribution in [3.8, 4) is 0 Å². The maximum atomic E-state index is 13.1. The number of halogens is 5. The van der Waals surface area contributed by atoms with Gasteiger partial charge in [0.1, 0.15) is 5.82 Å². The summed E-state index contributed by atoms with van der Waals surface area (Å²) < 4.78 is 50.9. The monoisotopic (exact) mass is 324 g/mol. The van der Waals surface area contributed by atoms with Crippen molar-refractivity contribution in [3.05, 3.63) is 35.1 Å². The number of fused-ring (bicyclic) bond motifs is 1. The quantitative estimate of drug-likeness (QED) is 0.819. The van der Waals surface area contributed by atoms with Gasteiger partial charge in [-0.05, 0) is 30.0 Å². The van der Waals surface area contributed by atoms with Gasteiger partial charge in [-0.2, -0.15) is 13.2 Å². The Bertz CT molecular complexity index is 554. The molecule has 2 unspecified atom stereocenters. The Morgan fingerprint density at radius 2 is 1.86 bits per heavy atom. The van der Waals surface area contributed by atoms with Gasteiger partial charge in [-0.25, -0.2) is 4.39 Å². The topological polar surface area (TPSA) is 41.1 Å². The molecule has 3 nitrogen and oxygen atoms in total. The number of carbonyl (C=O) groups excluding carboxylic acids is 1. The summed E-state index contributed by atoms with van der Waals surface area (Å²) in [5.41, 5.74) is -1.58. The van der Waals surface area contributed by atoms with Crippen LogP contribution < -0.4 is 10.6 Å². The summed E-state index contributed by atoms with van der Waals surface area (Å²) in [7, 11) is 0. The predicted molar refractivity (Wildman–Crippen MR) is 69.8 cm³/mol. The lowest BCUT2D eigenvalue weighted by molar-refractivity contribution is -0.140. The Hall–Kier alpha value is -1.34. The maximum Gasteiger partial charge on any atom is 0.419 e. The predicted octanol–water partition coefficient (Wildman–Crippen LogP) is 2.21. The number of amides is 1. The van der Waals surface area contributed by atoms with Crippen LogP contribution in [0.1, 0.15) is 15.9 Å². The zero-order valence-corrected chi connectivity index (χ0v) is 11.5. The minimum Gasteiger partial charge on any atom is -0.349 e. The van der Waals surface area contributed by atoms with Gasteiger partial charge in [-0.3, -0.25) is 4.79 Å². The van der Waals surface area contributed by atoms with E-state index in [1.54, 1.807) is 0 Å². The summed E-state index contributed by atoms with van der Waals surface area (Å²) in [5.74, 6) is -1.24. The van der Waals surface area contributed by atoms with Gasteiger partial charge in [0.05, 0.1) is 5.56 Å². The molecule has 0 aromatic heterocycles. The molecule has 1 heterocycles. The molecule has 1 aromatic carbocycles. The first-order valence-corrected chi connectivity index (χ1v) is 6.26. The van der Waals surface area contributed by atoms with Gasteiger partial charge in [-0.1, -0.05) is 0 Å². The molecular weight excluding hydrogens is 312 g/mol. The van der Waals surface area contributed by atoms with Gasteiger partial charge >= 0.3 is 6.18 Å². The Labute approximate surface area is 124 Å². The van der Waals surface area contributed by atoms with Gasteiger partial charge in [0.15, 0.2) is 0 Å². The van der Waals surface area contributed by atoms with E-state index in [4.69, 9.17) is 0 Å². The molecule has 116 valence electrons. The SMILES string of the molecule is Cl.O=C(NC1C2CNCC21)c1ccc(F)c(C(F)(F)F)c1. The lowest BCUT2D eigenvalue weighted by atomic mass is 10.1. The summed E-state index contributed by atoms with van der Waals surface area (Å²) in [6, 6.07) is 2.31. The van der Waals surface area contributed by atoms with E-state index in [1.165, 1.54) is 0 Å². The van der Waals surface area contributed by atoms with Crippen LogP contribution >= 0.6 is 12.4 Å². The van der Waals surface area contributed by atoms with E-state index in [1.807, 2.05) is 0 Å². The average molecular weight is 325 g/mol. The van der Waals surface area contributed by atoms with Crippen molar-refractivity contribution in [1.82, 2.24) is 10.6 Å². The molecule has 1 saturated heterocycles. The maximum absolute atomic E-state index is 13.1. The molecule has 1 amide bonds. The summed E-state index contributed by atoms with van der Waals surface area (Å²) in [6.07, 6.45) is -4.81. The smallest absolute Gasteiger partial charge is 0.349 e. The van der Waals surface area contributed by atoms with E-state index < -0.39 is 23.5 Å². The Morgan fingerprint density at radius 3 is 2.43 bits per heavy atom. The molecule has 0 spiro atoms. The Balaban J connectivity index is 0.00000161. The zero-order valence-electron chi connectivity index (χ0n) is 10.7. The van der Waals surface area contributed by atoms with Crippen molar-refractivity contribution in [2.24, 2.45) is 11.8 Å². The number of rotatable bonds is 2. The molecule has 3 rings (SSSR count).